The van der Waals surface area contributed by atoms with Crippen molar-refractivity contribution in [1.82, 2.24) is 10.2 Å². The summed E-state index contributed by atoms with van der Waals surface area (Å²) < 4.78 is 0. The molecule has 0 spiro atoms. The van der Waals surface area contributed by atoms with Crippen LogP contribution in [0.5, 0.6) is 5.75 Å². The number of phenolic OH excluding ortho intramolecular Hbond substituents is 1. The zero-order valence-electron chi connectivity index (χ0n) is 16.0. The maximum Gasteiger partial charge on any atom is 0.234 e. The first-order valence-electron chi connectivity index (χ1n) is 9.76. The number of phenols is 1. The van der Waals surface area contributed by atoms with E-state index in [9.17, 15) is 9.90 Å². The smallest absolute Gasteiger partial charge is 0.234 e. The van der Waals surface area contributed by atoms with E-state index in [4.69, 9.17) is 0 Å². The Balaban J connectivity index is 1.49. The van der Waals surface area contributed by atoms with E-state index in [1.54, 1.807) is 12.1 Å². The molecule has 1 heterocycles. The van der Waals surface area contributed by atoms with Crippen LogP contribution in [0, 0.1) is 0 Å². The van der Waals surface area contributed by atoms with Crippen LogP contribution in [0.3, 0.4) is 0 Å². The molecular weight excluding hydrogens is 338 g/mol. The van der Waals surface area contributed by atoms with Crippen LogP contribution in [0.25, 0.3) is 0 Å². The Morgan fingerprint density at radius 1 is 1.04 bits per heavy atom. The summed E-state index contributed by atoms with van der Waals surface area (Å²) in [5.41, 5.74) is 2.29. The number of carbonyl (C=O) groups excluding carboxylic acids is 1. The van der Waals surface area contributed by atoms with Crippen LogP contribution in [0.2, 0.25) is 0 Å². The monoisotopic (exact) mass is 367 g/mol. The summed E-state index contributed by atoms with van der Waals surface area (Å²) in [6.07, 6.45) is 1.98. The van der Waals surface area contributed by atoms with E-state index in [-0.39, 0.29) is 17.7 Å². The minimum atomic E-state index is 0.0852. The summed E-state index contributed by atoms with van der Waals surface area (Å²) in [5.74, 6) is 0.379. The van der Waals surface area contributed by atoms with E-state index < -0.39 is 0 Å². The van der Waals surface area contributed by atoms with Gasteiger partial charge in [-0.25, -0.2) is 0 Å². The predicted octanol–water partition coefficient (Wildman–Crippen LogP) is 3.17. The second-order valence-electron chi connectivity index (χ2n) is 7.10. The molecule has 2 aromatic carbocycles. The molecule has 1 fully saturated rings. The molecule has 1 saturated heterocycles. The van der Waals surface area contributed by atoms with Gasteiger partial charge in [0.25, 0.3) is 0 Å². The first-order chi connectivity index (χ1) is 13.2. The Labute approximate surface area is 161 Å². The third-order valence-corrected chi connectivity index (χ3v) is 5.07. The highest BCUT2D eigenvalue weighted by atomic mass is 16.3. The average Bonchev–Trinajstić information content (AvgIpc) is 2.70. The molecule has 0 unspecified atom stereocenters. The lowest BCUT2D eigenvalue weighted by Crippen LogP contribution is -2.49. The van der Waals surface area contributed by atoms with Crippen LogP contribution in [0.4, 0.5) is 5.69 Å². The van der Waals surface area contributed by atoms with Gasteiger partial charge in [-0.15, -0.1) is 0 Å². The SMILES string of the molecule is CCC[C@@H](NC(=O)CN1CCN(c2ccc(O)cc2)CC1)c1ccccc1. The number of hydrogen-bond acceptors (Lipinski definition) is 4. The Kier molecular flexibility index (Phi) is 6.71. The minimum Gasteiger partial charge on any atom is -0.508 e. The molecular formula is C22H29N3O2. The standard InChI is InChI=1S/C22H29N3O2/c1-2-6-21(18-7-4-3-5-8-18)23-22(27)17-24-13-15-25(16-14-24)19-9-11-20(26)12-10-19/h3-5,7-12,21,26H,2,6,13-17H2,1H3,(H,23,27)/t21-/m1/s1. The number of rotatable bonds is 7. The van der Waals surface area contributed by atoms with Gasteiger partial charge in [0.15, 0.2) is 0 Å². The van der Waals surface area contributed by atoms with Gasteiger partial charge in [-0.05, 0) is 36.2 Å². The highest BCUT2D eigenvalue weighted by Crippen LogP contribution is 2.20. The lowest BCUT2D eigenvalue weighted by Gasteiger charge is -2.36. The van der Waals surface area contributed by atoms with E-state index >= 15 is 0 Å². The molecule has 0 saturated carbocycles. The second kappa shape index (κ2) is 9.42. The summed E-state index contributed by atoms with van der Waals surface area (Å²) in [4.78, 5) is 17.1. The summed E-state index contributed by atoms with van der Waals surface area (Å²) in [7, 11) is 0. The predicted molar refractivity (Wildman–Crippen MR) is 109 cm³/mol. The third-order valence-electron chi connectivity index (χ3n) is 5.07. The number of nitrogens with one attached hydrogen (secondary N) is 1. The number of anilines is 1. The van der Waals surface area contributed by atoms with Crippen molar-refractivity contribution in [3.05, 3.63) is 60.2 Å². The van der Waals surface area contributed by atoms with E-state index in [0.29, 0.717) is 6.54 Å². The van der Waals surface area contributed by atoms with Crippen LogP contribution in [0.15, 0.2) is 54.6 Å². The minimum absolute atomic E-state index is 0.0852. The molecule has 3 rings (SSSR count). The Morgan fingerprint density at radius 3 is 2.33 bits per heavy atom. The zero-order chi connectivity index (χ0) is 19.1. The molecule has 1 amide bonds. The number of aromatic hydroxyl groups is 1. The zero-order valence-corrected chi connectivity index (χ0v) is 16.0. The second-order valence-corrected chi connectivity index (χ2v) is 7.10. The van der Waals surface area contributed by atoms with Crippen molar-refractivity contribution in [3.8, 4) is 5.75 Å². The Hall–Kier alpha value is -2.53. The van der Waals surface area contributed by atoms with E-state index in [1.807, 2.05) is 30.3 Å². The average molecular weight is 367 g/mol. The quantitative estimate of drug-likeness (QED) is 0.789. The first-order valence-corrected chi connectivity index (χ1v) is 9.76. The molecule has 5 heteroatoms. The maximum atomic E-state index is 12.6. The van der Waals surface area contributed by atoms with Gasteiger partial charge >= 0.3 is 0 Å². The number of hydrogen-bond donors (Lipinski definition) is 2. The van der Waals surface area contributed by atoms with Gasteiger partial charge in [0.05, 0.1) is 12.6 Å². The van der Waals surface area contributed by atoms with Crippen molar-refractivity contribution in [2.75, 3.05) is 37.6 Å². The van der Waals surface area contributed by atoms with Gasteiger partial charge < -0.3 is 15.3 Å². The molecule has 144 valence electrons. The number of nitrogens with zero attached hydrogens (tertiary/aromatic N) is 2. The molecule has 2 N–H and O–H groups in total. The highest BCUT2D eigenvalue weighted by Gasteiger charge is 2.21. The molecule has 0 aromatic heterocycles. The van der Waals surface area contributed by atoms with Crippen LogP contribution in [0.1, 0.15) is 31.4 Å². The summed E-state index contributed by atoms with van der Waals surface area (Å²) in [5, 5.41) is 12.6. The maximum absolute atomic E-state index is 12.6. The summed E-state index contributed by atoms with van der Waals surface area (Å²) in [6, 6.07) is 17.6. The largest absolute Gasteiger partial charge is 0.508 e. The molecule has 5 nitrogen and oxygen atoms in total. The highest BCUT2D eigenvalue weighted by molar-refractivity contribution is 5.78. The molecule has 27 heavy (non-hydrogen) atoms. The van der Waals surface area contributed by atoms with Crippen molar-refractivity contribution in [2.45, 2.75) is 25.8 Å². The van der Waals surface area contributed by atoms with Gasteiger partial charge in [-0.2, -0.15) is 0 Å². The van der Waals surface area contributed by atoms with Crippen molar-refractivity contribution in [3.63, 3.8) is 0 Å². The van der Waals surface area contributed by atoms with E-state index in [1.165, 1.54) is 5.56 Å². The Bertz CT molecular complexity index is 710. The first kappa shape index (κ1) is 19.2. The molecule has 0 aliphatic carbocycles. The fraction of sp³-hybridized carbons (Fsp3) is 0.409. The molecule has 1 aliphatic heterocycles. The van der Waals surface area contributed by atoms with Crippen LogP contribution in [-0.2, 0) is 4.79 Å². The van der Waals surface area contributed by atoms with Gasteiger partial charge in [0.1, 0.15) is 5.75 Å². The summed E-state index contributed by atoms with van der Waals surface area (Å²) >= 11 is 0. The van der Waals surface area contributed by atoms with Crippen molar-refractivity contribution in [1.29, 1.82) is 0 Å². The molecule has 1 aliphatic rings. The van der Waals surface area contributed by atoms with Gasteiger partial charge in [-0.3, -0.25) is 9.69 Å². The fourth-order valence-electron chi connectivity index (χ4n) is 3.57. The van der Waals surface area contributed by atoms with Crippen LogP contribution < -0.4 is 10.2 Å². The molecule has 1 atom stereocenters. The van der Waals surface area contributed by atoms with Crippen molar-refractivity contribution < 1.29 is 9.90 Å². The topological polar surface area (TPSA) is 55.8 Å². The fourth-order valence-corrected chi connectivity index (χ4v) is 3.57. The van der Waals surface area contributed by atoms with Crippen molar-refractivity contribution in [2.24, 2.45) is 0 Å². The number of benzene rings is 2. The number of carbonyl (C=O) groups is 1. The lowest BCUT2D eigenvalue weighted by atomic mass is 10.0. The van der Waals surface area contributed by atoms with Gasteiger partial charge in [0.2, 0.25) is 5.91 Å². The number of piperazine rings is 1. The van der Waals surface area contributed by atoms with Crippen LogP contribution in [-0.4, -0.2) is 48.6 Å². The number of amides is 1. The molecule has 0 bridgehead atoms. The van der Waals surface area contributed by atoms with Gasteiger partial charge in [0, 0.05) is 31.9 Å². The van der Waals surface area contributed by atoms with Gasteiger partial charge in [-0.1, -0.05) is 43.7 Å². The van der Waals surface area contributed by atoms with Crippen LogP contribution >= 0.6 is 0 Å². The van der Waals surface area contributed by atoms with E-state index in [2.05, 4.69) is 34.2 Å². The molecule has 0 radical (unpaired) electrons. The lowest BCUT2D eigenvalue weighted by molar-refractivity contribution is -0.123. The van der Waals surface area contributed by atoms with Crippen molar-refractivity contribution >= 4 is 11.6 Å². The summed E-state index contributed by atoms with van der Waals surface area (Å²) in [6.45, 7) is 6.07. The normalized spacial score (nSPS) is 16.1. The third kappa shape index (κ3) is 5.47. The molecule has 2 aromatic rings. The Morgan fingerprint density at radius 2 is 1.70 bits per heavy atom. The van der Waals surface area contributed by atoms with E-state index in [0.717, 1.165) is 44.7 Å².